The van der Waals surface area contributed by atoms with Gasteiger partial charge >= 0.3 is 13.6 Å². The van der Waals surface area contributed by atoms with Crippen molar-refractivity contribution in [3.8, 4) is 0 Å². The van der Waals surface area contributed by atoms with E-state index < -0.39 is 8.03 Å². The minimum Gasteiger partial charge on any atom is -0.304 e. The van der Waals surface area contributed by atoms with Gasteiger partial charge in [-0.05, 0) is 4.57 Å². The predicted molar refractivity (Wildman–Crippen MR) is 28.0 cm³/mol. The Morgan fingerprint density at radius 3 is 2.88 bits per heavy atom. The van der Waals surface area contributed by atoms with Crippen LogP contribution < -0.4 is 5.57 Å². The van der Waals surface area contributed by atoms with Crippen molar-refractivity contribution in [2.75, 3.05) is 0 Å². The zero-order valence-electron chi connectivity index (χ0n) is 3.90. The van der Waals surface area contributed by atoms with Gasteiger partial charge in [0.1, 0.15) is 0 Å². The van der Waals surface area contributed by atoms with Crippen LogP contribution in [-0.4, -0.2) is 14.9 Å². The first-order valence-electron chi connectivity index (χ1n) is 1.96. The first-order valence-corrected chi connectivity index (χ1v) is 3.17. The van der Waals surface area contributed by atoms with E-state index in [1.54, 1.807) is 0 Å². The number of hydrogen-bond donors (Lipinski definition) is 2. The van der Waals surface area contributed by atoms with Gasteiger partial charge in [-0.25, -0.2) is 0 Å². The first kappa shape index (κ1) is 5.41. The summed E-state index contributed by atoms with van der Waals surface area (Å²) in [6.45, 7) is 0. The summed E-state index contributed by atoms with van der Waals surface area (Å²) in [7, 11) is -2.28. The molecule has 0 aliphatic rings. The second-order valence-corrected chi connectivity index (χ2v) is 2.16. The van der Waals surface area contributed by atoms with Crippen molar-refractivity contribution in [2.45, 2.75) is 0 Å². The molecule has 5 heteroatoms. The Bertz CT molecular complexity index is 183. The maximum absolute atomic E-state index is 10.1. The van der Waals surface area contributed by atoms with Crippen molar-refractivity contribution < 1.29 is 9.46 Å². The summed E-state index contributed by atoms with van der Waals surface area (Å²) in [5.41, 5.74) is 0.125. The molecule has 0 aromatic carbocycles. The fourth-order valence-electron chi connectivity index (χ4n) is 0.362. The Morgan fingerprint density at radius 2 is 2.62 bits per heavy atom. The average molecular weight is 131 g/mol. The van der Waals surface area contributed by atoms with E-state index >= 15 is 0 Å². The van der Waals surface area contributed by atoms with Crippen LogP contribution >= 0.6 is 8.03 Å². The molecule has 0 fully saturated rings. The molecule has 4 nitrogen and oxygen atoms in total. The molecule has 0 amide bonds. The zero-order valence-corrected chi connectivity index (χ0v) is 4.80. The summed E-state index contributed by atoms with van der Waals surface area (Å²) in [4.78, 5) is 14.3. The topological polar surface area (TPSA) is 66.0 Å². The van der Waals surface area contributed by atoms with Gasteiger partial charge in [-0.15, -0.1) is 0 Å². The number of H-pyrrole nitrogens is 1. The van der Waals surface area contributed by atoms with Gasteiger partial charge in [-0.1, -0.05) is 0 Å². The van der Waals surface area contributed by atoms with Crippen LogP contribution in [0.25, 0.3) is 0 Å². The third-order valence-electron chi connectivity index (χ3n) is 0.665. The smallest absolute Gasteiger partial charge is 0.304 e. The fourth-order valence-corrected chi connectivity index (χ4v) is 0.712. The summed E-state index contributed by atoms with van der Waals surface area (Å²) in [5, 5.41) is 0. The normalized spacial score (nSPS) is 11.4. The predicted octanol–water partition coefficient (Wildman–Crippen LogP) is -0.230. The van der Waals surface area contributed by atoms with Crippen LogP contribution in [0.3, 0.4) is 0 Å². The van der Waals surface area contributed by atoms with Crippen molar-refractivity contribution in [1.29, 1.82) is 0 Å². The number of nitrogens with zero attached hydrogens (tertiary/aromatic N) is 1. The van der Waals surface area contributed by atoms with Gasteiger partial charge in [0.2, 0.25) is 0 Å². The maximum atomic E-state index is 10.1. The summed E-state index contributed by atoms with van der Waals surface area (Å²) in [6.07, 6.45) is 2.93. The monoisotopic (exact) mass is 131 g/mol. The number of aromatic nitrogens is 2. The van der Waals surface area contributed by atoms with E-state index in [4.69, 9.17) is 4.89 Å². The fraction of sp³-hybridized carbons (Fsp3) is 0. The van der Waals surface area contributed by atoms with Gasteiger partial charge in [-0.3, -0.25) is 0 Å². The lowest BCUT2D eigenvalue weighted by Gasteiger charge is -1.63. The number of aromatic amines is 1. The van der Waals surface area contributed by atoms with Crippen LogP contribution in [0.2, 0.25) is 0 Å². The maximum Gasteiger partial charge on any atom is 0.586 e. The molecule has 8 heavy (non-hydrogen) atoms. The highest BCUT2D eigenvalue weighted by atomic mass is 31.1. The highest BCUT2D eigenvalue weighted by Crippen LogP contribution is 2.06. The highest BCUT2D eigenvalue weighted by Gasteiger charge is 2.17. The standard InChI is InChI=1S/C3H3N2O2P/c6-8(7)3-4-1-2-5-3/h1-2H,(H-,4,5,6,7)/p+1. The largest absolute Gasteiger partial charge is 0.586 e. The van der Waals surface area contributed by atoms with Crippen LogP contribution in [0.15, 0.2) is 12.4 Å². The Balaban J connectivity index is 2.93. The second-order valence-electron chi connectivity index (χ2n) is 1.19. The zero-order chi connectivity index (χ0) is 5.98. The Labute approximate surface area is 46.4 Å². The van der Waals surface area contributed by atoms with Gasteiger partial charge in [0.05, 0.1) is 0 Å². The molecule has 1 atom stereocenters. The summed E-state index contributed by atoms with van der Waals surface area (Å²) < 4.78 is 10.1. The van der Waals surface area contributed by atoms with Crippen LogP contribution in [0, 0.1) is 0 Å². The van der Waals surface area contributed by atoms with E-state index in [-0.39, 0.29) is 5.57 Å². The summed E-state index contributed by atoms with van der Waals surface area (Å²) in [6, 6.07) is 0. The Kier molecular flexibility index (Phi) is 1.37. The van der Waals surface area contributed by atoms with Gasteiger partial charge < -0.3 is 4.98 Å². The van der Waals surface area contributed by atoms with Crippen molar-refractivity contribution in [2.24, 2.45) is 0 Å². The highest BCUT2D eigenvalue weighted by molar-refractivity contribution is 7.46. The lowest BCUT2D eigenvalue weighted by molar-refractivity contribution is 0.511. The average Bonchev–Trinajstić information content (AvgIpc) is 2.12. The van der Waals surface area contributed by atoms with E-state index in [0.717, 1.165) is 0 Å². The van der Waals surface area contributed by atoms with E-state index in [0.29, 0.717) is 0 Å². The SMILES string of the molecule is O=[P+](O)c1ncc[nH]1. The van der Waals surface area contributed by atoms with Crippen molar-refractivity contribution in [3.05, 3.63) is 12.4 Å². The number of hydrogen-bond acceptors (Lipinski definition) is 2. The molecule has 0 saturated carbocycles. The molecule has 1 aromatic heterocycles. The molecule has 1 unspecified atom stereocenters. The lowest BCUT2D eigenvalue weighted by Crippen LogP contribution is -1.98. The van der Waals surface area contributed by atoms with Gasteiger partial charge in [0, 0.05) is 12.4 Å². The van der Waals surface area contributed by atoms with E-state index in [2.05, 4.69) is 9.97 Å². The molecule has 0 saturated heterocycles. The van der Waals surface area contributed by atoms with Crippen molar-refractivity contribution in [1.82, 2.24) is 9.97 Å². The second kappa shape index (κ2) is 2.03. The third-order valence-corrected chi connectivity index (χ3v) is 1.27. The number of imidazole rings is 1. The first-order chi connectivity index (χ1) is 3.80. The molecule has 0 radical (unpaired) electrons. The molecule has 1 heterocycles. The molecule has 0 bridgehead atoms. The molecule has 0 spiro atoms. The van der Waals surface area contributed by atoms with E-state index in [1.165, 1.54) is 12.4 Å². The molecule has 2 N–H and O–H groups in total. The molecular formula is C3H4N2O2P+. The van der Waals surface area contributed by atoms with Gasteiger partial charge in [0.25, 0.3) is 0 Å². The third kappa shape index (κ3) is 0.911. The van der Waals surface area contributed by atoms with E-state index in [9.17, 15) is 4.57 Å². The molecule has 0 aliphatic heterocycles. The lowest BCUT2D eigenvalue weighted by atomic mass is 11.0. The minimum atomic E-state index is -2.28. The number of rotatable bonds is 1. The molecular weight excluding hydrogens is 127 g/mol. The summed E-state index contributed by atoms with van der Waals surface area (Å²) in [5.74, 6) is 0. The molecule has 0 aliphatic carbocycles. The quantitative estimate of drug-likeness (QED) is 0.517. The Morgan fingerprint density at radius 1 is 1.88 bits per heavy atom. The van der Waals surface area contributed by atoms with E-state index in [1.807, 2.05) is 0 Å². The molecule has 1 aromatic rings. The van der Waals surface area contributed by atoms with Crippen LogP contribution in [-0.2, 0) is 4.57 Å². The summed E-state index contributed by atoms with van der Waals surface area (Å²) >= 11 is 0. The van der Waals surface area contributed by atoms with Gasteiger partial charge in [-0.2, -0.15) is 9.88 Å². The van der Waals surface area contributed by atoms with Crippen molar-refractivity contribution >= 4 is 13.6 Å². The molecule has 42 valence electrons. The van der Waals surface area contributed by atoms with Crippen LogP contribution in [0.4, 0.5) is 0 Å². The number of nitrogens with one attached hydrogen (secondary N) is 1. The van der Waals surface area contributed by atoms with Crippen molar-refractivity contribution in [3.63, 3.8) is 0 Å². The molecule has 1 rings (SSSR count). The van der Waals surface area contributed by atoms with Gasteiger partial charge in [0.15, 0.2) is 0 Å². The Hall–Kier alpha value is -0.730. The van der Waals surface area contributed by atoms with Crippen LogP contribution in [0.1, 0.15) is 0 Å². The van der Waals surface area contributed by atoms with Crippen LogP contribution in [0.5, 0.6) is 0 Å². The minimum absolute atomic E-state index is 0.125.